The first kappa shape index (κ1) is 19.4. The fourth-order valence-electron chi connectivity index (χ4n) is 4.15. The summed E-state index contributed by atoms with van der Waals surface area (Å²) in [6, 6.07) is 19.6. The van der Waals surface area contributed by atoms with Crippen LogP contribution in [0.2, 0.25) is 0 Å². The number of ether oxygens (including phenoxy) is 1. The Labute approximate surface area is 178 Å². The van der Waals surface area contributed by atoms with Crippen molar-refractivity contribution in [3.63, 3.8) is 0 Å². The van der Waals surface area contributed by atoms with Gasteiger partial charge in [0, 0.05) is 11.4 Å². The van der Waals surface area contributed by atoms with Crippen LogP contribution in [0, 0.1) is 11.6 Å². The van der Waals surface area contributed by atoms with E-state index in [9.17, 15) is 13.6 Å². The Morgan fingerprint density at radius 2 is 1.55 bits per heavy atom. The first-order valence-corrected chi connectivity index (χ1v) is 10.3. The zero-order chi connectivity index (χ0) is 21.4. The Bertz CT molecular complexity index is 1140. The minimum Gasteiger partial charge on any atom is -0.447 e. The van der Waals surface area contributed by atoms with Gasteiger partial charge in [-0.05, 0) is 53.8 Å². The van der Waals surface area contributed by atoms with Gasteiger partial charge in [0.2, 0.25) is 0 Å². The summed E-state index contributed by atoms with van der Waals surface area (Å²) in [5.41, 5.74) is 4.39. The van der Waals surface area contributed by atoms with Crippen molar-refractivity contribution in [1.29, 1.82) is 0 Å². The molecule has 6 heteroatoms. The van der Waals surface area contributed by atoms with Gasteiger partial charge in [-0.25, -0.2) is 13.6 Å². The van der Waals surface area contributed by atoms with Crippen LogP contribution >= 0.6 is 0 Å². The Morgan fingerprint density at radius 3 is 2.16 bits per heavy atom. The summed E-state index contributed by atoms with van der Waals surface area (Å²) in [5.74, 6) is -1.14. The molecule has 0 N–H and O–H groups in total. The molecule has 156 valence electrons. The first-order valence-electron chi connectivity index (χ1n) is 10.3. The highest BCUT2D eigenvalue weighted by atomic mass is 19.1. The van der Waals surface area contributed by atoms with Crippen LogP contribution in [-0.4, -0.2) is 25.0 Å². The Morgan fingerprint density at radius 1 is 0.903 bits per heavy atom. The van der Waals surface area contributed by atoms with Gasteiger partial charge in [0.15, 0.2) is 0 Å². The van der Waals surface area contributed by atoms with E-state index in [-0.39, 0.29) is 17.7 Å². The molecule has 2 aliphatic heterocycles. The molecule has 1 amide bonds. The van der Waals surface area contributed by atoms with E-state index in [1.165, 1.54) is 18.2 Å². The number of halogens is 2. The minimum absolute atomic E-state index is 0.0106. The zero-order valence-corrected chi connectivity index (χ0v) is 16.7. The highest BCUT2D eigenvalue weighted by molar-refractivity contribution is 6.02. The SMILES string of the molecule is O=C1OCCN1c1ccc(-c2ccc(C3CCC(c4c(F)cccc4F)=N3)cc2)cc1. The molecule has 0 spiro atoms. The van der Waals surface area contributed by atoms with E-state index in [0.29, 0.717) is 25.3 Å². The van der Waals surface area contributed by atoms with E-state index in [0.717, 1.165) is 28.8 Å². The van der Waals surface area contributed by atoms with Crippen molar-refractivity contribution >= 4 is 17.5 Å². The lowest BCUT2D eigenvalue weighted by Crippen LogP contribution is -2.23. The molecule has 3 aromatic rings. The van der Waals surface area contributed by atoms with Gasteiger partial charge >= 0.3 is 6.09 Å². The Hall–Kier alpha value is -3.54. The van der Waals surface area contributed by atoms with Crippen LogP contribution in [0.3, 0.4) is 0 Å². The van der Waals surface area contributed by atoms with E-state index >= 15 is 0 Å². The molecule has 1 unspecified atom stereocenters. The summed E-state index contributed by atoms with van der Waals surface area (Å²) < 4.78 is 33.1. The van der Waals surface area contributed by atoms with Gasteiger partial charge in [0.05, 0.1) is 18.2 Å². The summed E-state index contributed by atoms with van der Waals surface area (Å²) in [4.78, 5) is 17.9. The third-order valence-electron chi connectivity index (χ3n) is 5.79. The average molecular weight is 418 g/mol. The maximum Gasteiger partial charge on any atom is 0.414 e. The highest BCUT2D eigenvalue weighted by Crippen LogP contribution is 2.33. The fourth-order valence-corrected chi connectivity index (χ4v) is 4.15. The second-order valence-electron chi connectivity index (χ2n) is 7.66. The number of aliphatic imine (C=N–C) groups is 1. The third-order valence-corrected chi connectivity index (χ3v) is 5.79. The molecular weight excluding hydrogens is 398 g/mol. The van der Waals surface area contributed by atoms with Crippen LogP contribution in [0.5, 0.6) is 0 Å². The van der Waals surface area contributed by atoms with Crippen LogP contribution in [-0.2, 0) is 4.74 Å². The molecule has 1 fully saturated rings. The molecule has 31 heavy (non-hydrogen) atoms. The molecule has 0 aliphatic carbocycles. The van der Waals surface area contributed by atoms with Crippen LogP contribution in [0.15, 0.2) is 71.7 Å². The number of carbonyl (C=O) groups excluding carboxylic acids is 1. The average Bonchev–Trinajstić information content (AvgIpc) is 3.43. The molecule has 3 aromatic carbocycles. The lowest BCUT2D eigenvalue weighted by atomic mass is 9.99. The van der Waals surface area contributed by atoms with Crippen LogP contribution < -0.4 is 4.90 Å². The maximum atomic E-state index is 14.1. The Balaban J connectivity index is 1.34. The summed E-state index contributed by atoms with van der Waals surface area (Å²) in [6.07, 6.45) is 0.956. The normalized spacial score (nSPS) is 18.3. The molecule has 0 saturated carbocycles. The summed E-state index contributed by atoms with van der Waals surface area (Å²) >= 11 is 0. The lowest BCUT2D eigenvalue weighted by Gasteiger charge is -2.13. The predicted octanol–water partition coefficient (Wildman–Crippen LogP) is 5.91. The number of carbonyl (C=O) groups is 1. The molecule has 4 nitrogen and oxygen atoms in total. The molecule has 0 bridgehead atoms. The van der Waals surface area contributed by atoms with Gasteiger partial charge in [0.25, 0.3) is 0 Å². The fraction of sp³-hybridized carbons (Fsp3) is 0.200. The van der Waals surface area contributed by atoms with Gasteiger partial charge in [-0.2, -0.15) is 0 Å². The van der Waals surface area contributed by atoms with E-state index in [1.807, 2.05) is 48.5 Å². The number of hydrogen-bond acceptors (Lipinski definition) is 3. The number of nitrogens with zero attached hydrogens (tertiary/aromatic N) is 2. The van der Waals surface area contributed by atoms with Crippen LogP contribution in [0.25, 0.3) is 11.1 Å². The summed E-state index contributed by atoms with van der Waals surface area (Å²) in [6.45, 7) is 0.977. The van der Waals surface area contributed by atoms with Crippen molar-refractivity contribution in [2.24, 2.45) is 4.99 Å². The zero-order valence-electron chi connectivity index (χ0n) is 16.7. The van der Waals surface area contributed by atoms with Crippen LogP contribution in [0.1, 0.15) is 30.0 Å². The van der Waals surface area contributed by atoms with E-state index < -0.39 is 11.6 Å². The molecule has 0 aromatic heterocycles. The monoisotopic (exact) mass is 418 g/mol. The largest absolute Gasteiger partial charge is 0.447 e. The molecule has 1 atom stereocenters. The smallest absolute Gasteiger partial charge is 0.414 e. The molecule has 1 saturated heterocycles. The van der Waals surface area contributed by atoms with Gasteiger partial charge in [-0.3, -0.25) is 9.89 Å². The number of cyclic esters (lactones) is 1. The summed E-state index contributed by atoms with van der Waals surface area (Å²) in [7, 11) is 0. The van der Waals surface area contributed by atoms with E-state index in [4.69, 9.17) is 4.74 Å². The molecule has 5 rings (SSSR count). The standard InChI is InChI=1S/C25H20F2N2O2/c26-20-2-1-3-21(27)24(20)23-13-12-22(28-23)18-6-4-16(5-7-18)17-8-10-19(11-9-17)29-14-15-31-25(29)30/h1-11,22H,12-15H2. The molecule has 2 aliphatic rings. The van der Waals surface area contributed by atoms with Crippen molar-refractivity contribution in [3.8, 4) is 11.1 Å². The molecule has 2 heterocycles. The van der Waals surface area contributed by atoms with E-state index in [1.54, 1.807) is 4.90 Å². The maximum absolute atomic E-state index is 14.1. The third kappa shape index (κ3) is 3.69. The molecule has 0 radical (unpaired) electrons. The van der Waals surface area contributed by atoms with Crippen molar-refractivity contribution < 1.29 is 18.3 Å². The second kappa shape index (κ2) is 7.95. The van der Waals surface area contributed by atoms with Gasteiger partial charge < -0.3 is 4.74 Å². The first-order chi connectivity index (χ1) is 15.1. The van der Waals surface area contributed by atoms with Gasteiger partial charge in [-0.1, -0.05) is 42.5 Å². The number of benzene rings is 3. The van der Waals surface area contributed by atoms with Gasteiger partial charge in [-0.15, -0.1) is 0 Å². The minimum atomic E-state index is -0.569. The quantitative estimate of drug-likeness (QED) is 0.528. The number of amides is 1. The van der Waals surface area contributed by atoms with Crippen molar-refractivity contribution in [3.05, 3.63) is 89.5 Å². The number of rotatable bonds is 4. The Kier molecular flexibility index (Phi) is 4.98. The van der Waals surface area contributed by atoms with Crippen molar-refractivity contribution in [2.45, 2.75) is 18.9 Å². The summed E-state index contributed by atoms with van der Waals surface area (Å²) in [5, 5.41) is 0. The van der Waals surface area contributed by atoms with Crippen molar-refractivity contribution in [2.75, 3.05) is 18.1 Å². The highest BCUT2D eigenvalue weighted by Gasteiger charge is 2.25. The van der Waals surface area contributed by atoms with Crippen molar-refractivity contribution in [1.82, 2.24) is 0 Å². The van der Waals surface area contributed by atoms with E-state index in [2.05, 4.69) is 4.99 Å². The van der Waals surface area contributed by atoms with Crippen LogP contribution in [0.4, 0.5) is 19.3 Å². The number of anilines is 1. The van der Waals surface area contributed by atoms with Gasteiger partial charge in [0.1, 0.15) is 18.2 Å². The lowest BCUT2D eigenvalue weighted by molar-refractivity contribution is 0.181. The predicted molar refractivity (Wildman–Crippen MR) is 115 cm³/mol. The second-order valence-corrected chi connectivity index (χ2v) is 7.66. The number of hydrogen-bond donors (Lipinski definition) is 0. The molecular formula is C25H20F2N2O2. The topological polar surface area (TPSA) is 41.9 Å².